The molecule has 0 saturated heterocycles. The van der Waals surface area contributed by atoms with Crippen molar-refractivity contribution in [3.63, 3.8) is 0 Å². The second kappa shape index (κ2) is 18.3. The summed E-state index contributed by atoms with van der Waals surface area (Å²) in [7, 11) is 6.07. The average Bonchev–Trinajstić information content (AvgIpc) is 3.92. The van der Waals surface area contributed by atoms with Crippen LogP contribution >= 0.6 is 23.2 Å². The first-order valence-electron chi connectivity index (χ1n) is 17.2. The van der Waals surface area contributed by atoms with Gasteiger partial charge in [0.2, 0.25) is 0 Å². The van der Waals surface area contributed by atoms with E-state index in [1.54, 1.807) is 24.3 Å². The molecule has 21 nitrogen and oxygen atoms in total. The molecule has 0 bridgehead atoms. The van der Waals surface area contributed by atoms with Gasteiger partial charge in [0.05, 0.1) is 5.84 Å². The maximum atomic E-state index is 13.2. The Hall–Kier alpha value is -6.74. The highest BCUT2D eigenvalue weighted by Crippen LogP contribution is 2.19. The number of carbonyl (C=O) groups is 5. The molecule has 4 aromatic heterocycles. The third-order valence-corrected chi connectivity index (χ3v) is 8.64. The molecule has 0 aliphatic rings. The molecule has 0 saturated carbocycles. The molecule has 0 radical (unpaired) electrons. The molecular formula is C34H40Cl2N16O5. The fourth-order valence-electron chi connectivity index (χ4n) is 5.49. The van der Waals surface area contributed by atoms with Gasteiger partial charge in [-0.2, -0.15) is 20.4 Å². The van der Waals surface area contributed by atoms with E-state index in [0.29, 0.717) is 30.4 Å². The summed E-state index contributed by atoms with van der Waals surface area (Å²) in [6.45, 7) is 1.37. The van der Waals surface area contributed by atoms with Crippen LogP contribution in [0.15, 0.2) is 48.5 Å². The Kier molecular flexibility index (Phi) is 13.3. The SMILES string of the molecule is Cn1nc(NC(=O)c2cc(NC(=O)c3cc(NC(=O)c4cc(NC(=O)c5ccc(N(CCCl)CCCl)cc5)nn4C)nn3C)nn2C)cc1C(=O)NCCC(=N)N. The van der Waals surface area contributed by atoms with Crippen LogP contribution in [-0.2, 0) is 28.2 Å². The van der Waals surface area contributed by atoms with Crippen LogP contribution in [0.1, 0.15) is 58.7 Å². The molecule has 0 fully saturated rings. The van der Waals surface area contributed by atoms with E-state index >= 15 is 0 Å². The molecule has 1 aromatic carbocycles. The quantitative estimate of drug-likeness (QED) is 0.0405. The van der Waals surface area contributed by atoms with Gasteiger partial charge in [-0.3, -0.25) is 48.1 Å². The molecule has 0 unspecified atom stereocenters. The summed E-state index contributed by atoms with van der Waals surface area (Å²) in [5.41, 5.74) is 6.96. The number of aryl methyl sites for hydroxylation is 4. The lowest BCUT2D eigenvalue weighted by atomic mass is 10.2. The number of carbonyl (C=O) groups excluding carboxylic acids is 5. The largest absolute Gasteiger partial charge is 0.388 e. The van der Waals surface area contributed by atoms with Gasteiger partial charge in [0.25, 0.3) is 29.5 Å². The van der Waals surface area contributed by atoms with Gasteiger partial charge in [0, 0.05) is 102 Å². The van der Waals surface area contributed by atoms with Crippen LogP contribution in [0.3, 0.4) is 0 Å². The van der Waals surface area contributed by atoms with E-state index in [-0.39, 0.29) is 64.8 Å². The molecule has 5 aromatic rings. The van der Waals surface area contributed by atoms with Crippen LogP contribution in [0.25, 0.3) is 0 Å². The molecule has 4 heterocycles. The Morgan fingerprint density at radius 2 is 0.965 bits per heavy atom. The molecule has 8 N–H and O–H groups in total. The van der Waals surface area contributed by atoms with Crippen LogP contribution in [0.5, 0.6) is 0 Å². The predicted octanol–water partition coefficient (Wildman–Crippen LogP) is 1.97. The Labute approximate surface area is 335 Å². The Morgan fingerprint density at radius 3 is 1.32 bits per heavy atom. The van der Waals surface area contributed by atoms with Crippen LogP contribution in [0, 0.1) is 5.41 Å². The highest BCUT2D eigenvalue weighted by molar-refractivity contribution is 6.18. The molecule has 0 aliphatic carbocycles. The summed E-state index contributed by atoms with van der Waals surface area (Å²) in [5.74, 6) is -1.62. The summed E-state index contributed by atoms with van der Waals surface area (Å²) in [6.07, 6.45) is 0.186. The number of nitrogens with one attached hydrogen (secondary N) is 6. The lowest BCUT2D eigenvalue weighted by Crippen LogP contribution is -2.29. The van der Waals surface area contributed by atoms with Crippen LogP contribution in [0.2, 0.25) is 0 Å². The minimum Gasteiger partial charge on any atom is -0.388 e. The summed E-state index contributed by atoms with van der Waals surface area (Å²) in [5, 5.41) is 37.2. The number of amides is 5. The number of halogens is 2. The van der Waals surface area contributed by atoms with Gasteiger partial charge in [-0.05, 0) is 24.3 Å². The topological polar surface area (TPSA) is 270 Å². The number of anilines is 5. The van der Waals surface area contributed by atoms with Crippen LogP contribution < -0.4 is 37.2 Å². The van der Waals surface area contributed by atoms with Gasteiger partial charge in [-0.1, -0.05) is 0 Å². The Morgan fingerprint density at radius 1 is 0.614 bits per heavy atom. The first-order valence-corrected chi connectivity index (χ1v) is 18.2. The smallest absolute Gasteiger partial charge is 0.275 e. The van der Waals surface area contributed by atoms with E-state index in [9.17, 15) is 24.0 Å². The molecule has 0 spiro atoms. The number of aromatic nitrogens is 8. The lowest BCUT2D eigenvalue weighted by molar-refractivity contribution is 0.0942. The zero-order valence-corrected chi connectivity index (χ0v) is 32.8. The summed E-state index contributed by atoms with van der Waals surface area (Å²) in [4.78, 5) is 66.9. The van der Waals surface area contributed by atoms with E-state index in [1.165, 1.54) is 71.2 Å². The maximum absolute atomic E-state index is 13.2. The van der Waals surface area contributed by atoms with Crippen molar-refractivity contribution in [2.75, 3.05) is 57.6 Å². The van der Waals surface area contributed by atoms with E-state index in [1.807, 2.05) is 4.90 Å². The van der Waals surface area contributed by atoms with Gasteiger partial charge < -0.3 is 37.2 Å². The van der Waals surface area contributed by atoms with Crippen molar-refractivity contribution in [1.82, 2.24) is 44.4 Å². The van der Waals surface area contributed by atoms with E-state index in [4.69, 9.17) is 34.3 Å². The van der Waals surface area contributed by atoms with Crippen LogP contribution in [0.4, 0.5) is 29.0 Å². The minimum atomic E-state index is -0.634. The normalized spacial score (nSPS) is 10.8. The van der Waals surface area contributed by atoms with E-state index < -0.39 is 29.5 Å². The van der Waals surface area contributed by atoms with Crippen molar-refractivity contribution >= 4 is 87.5 Å². The molecular weight excluding hydrogens is 783 g/mol. The van der Waals surface area contributed by atoms with Crippen molar-refractivity contribution in [3.8, 4) is 0 Å². The minimum absolute atomic E-state index is 0.0472. The van der Waals surface area contributed by atoms with Crippen molar-refractivity contribution < 1.29 is 24.0 Å². The van der Waals surface area contributed by atoms with Gasteiger partial charge in [-0.25, -0.2) is 0 Å². The molecule has 5 rings (SSSR count). The zero-order chi connectivity index (χ0) is 41.4. The number of hydrogen-bond donors (Lipinski definition) is 7. The standard InChI is InChI=1S/C34H40Cl2N16O5/c1-48-21(31(54)39-12-9-25(37)38)15-27(45-48)41-33(56)23-17-29(47-50(23)3)43-34(57)24-18-28(46-51(24)4)42-32(55)22-16-26(44-49(22)2)40-30(53)19-5-7-20(8-6-19)52(13-10-35)14-11-36/h5-8,15-18H,9-14H2,1-4H3,(H3,37,38)(H,39,54)(H,40,44,53)(H,41,45,56)(H,42,46,55)(H,43,47,57). The first kappa shape index (κ1) is 41.4. The highest BCUT2D eigenvalue weighted by Gasteiger charge is 2.22. The van der Waals surface area contributed by atoms with Gasteiger partial charge in [0.1, 0.15) is 22.8 Å². The van der Waals surface area contributed by atoms with Crippen LogP contribution in [-0.4, -0.2) is 106 Å². The third-order valence-electron chi connectivity index (χ3n) is 8.30. The highest BCUT2D eigenvalue weighted by atomic mass is 35.5. The fraction of sp³-hybridized carbons (Fsp3) is 0.294. The number of rotatable bonds is 17. The number of benzene rings is 1. The monoisotopic (exact) mass is 822 g/mol. The zero-order valence-electron chi connectivity index (χ0n) is 31.3. The number of nitrogens with zero attached hydrogens (tertiary/aromatic N) is 9. The third kappa shape index (κ3) is 10.3. The van der Waals surface area contributed by atoms with Gasteiger partial charge in [-0.15, -0.1) is 23.2 Å². The van der Waals surface area contributed by atoms with E-state index in [2.05, 4.69) is 47.0 Å². The number of hydrogen-bond acceptors (Lipinski definition) is 11. The Balaban J connectivity index is 1.17. The maximum Gasteiger partial charge on any atom is 0.275 e. The molecule has 300 valence electrons. The van der Waals surface area contributed by atoms with Gasteiger partial charge >= 0.3 is 0 Å². The second-order valence-corrected chi connectivity index (χ2v) is 13.2. The summed E-state index contributed by atoms with van der Waals surface area (Å²) < 4.78 is 5.08. The molecule has 23 heteroatoms. The molecule has 57 heavy (non-hydrogen) atoms. The number of nitrogens with two attached hydrogens (primary N) is 1. The van der Waals surface area contributed by atoms with Gasteiger partial charge in [0.15, 0.2) is 23.3 Å². The van der Waals surface area contributed by atoms with E-state index in [0.717, 1.165) is 5.69 Å². The predicted molar refractivity (Wildman–Crippen MR) is 214 cm³/mol. The number of amidine groups is 1. The number of alkyl halides is 2. The average molecular weight is 824 g/mol. The first-order chi connectivity index (χ1) is 27.2. The summed E-state index contributed by atoms with van der Waals surface area (Å²) >= 11 is 11.8. The Bertz CT molecular complexity index is 2300. The van der Waals surface area contributed by atoms with Crippen molar-refractivity contribution in [2.45, 2.75) is 6.42 Å². The molecule has 5 amide bonds. The molecule has 0 atom stereocenters. The van der Waals surface area contributed by atoms with Crippen molar-refractivity contribution in [1.29, 1.82) is 5.41 Å². The van der Waals surface area contributed by atoms with Crippen molar-refractivity contribution in [2.24, 2.45) is 33.9 Å². The molecule has 0 aliphatic heterocycles. The van der Waals surface area contributed by atoms with Crippen molar-refractivity contribution in [3.05, 3.63) is 76.9 Å². The fourth-order valence-corrected chi connectivity index (χ4v) is 5.90. The lowest BCUT2D eigenvalue weighted by Gasteiger charge is -2.22. The second-order valence-electron chi connectivity index (χ2n) is 12.4. The summed E-state index contributed by atoms with van der Waals surface area (Å²) in [6, 6.07) is 12.4.